The van der Waals surface area contributed by atoms with E-state index in [-0.39, 0.29) is 5.91 Å². The fourth-order valence-corrected chi connectivity index (χ4v) is 2.42. The van der Waals surface area contributed by atoms with Crippen molar-refractivity contribution in [2.24, 2.45) is 0 Å². The van der Waals surface area contributed by atoms with Gasteiger partial charge in [0.2, 0.25) is 11.9 Å². The molecule has 0 radical (unpaired) electrons. The summed E-state index contributed by atoms with van der Waals surface area (Å²) in [4.78, 5) is 22.6. The van der Waals surface area contributed by atoms with Gasteiger partial charge in [-0.1, -0.05) is 30.3 Å². The van der Waals surface area contributed by atoms with Crippen molar-refractivity contribution in [1.29, 1.82) is 0 Å². The Hall–Kier alpha value is -2.63. The third kappa shape index (κ3) is 6.79. The summed E-state index contributed by atoms with van der Waals surface area (Å²) in [6, 6.07) is 12.2. The van der Waals surface area contributed by atoms with Crippen LogP contribution in [0.25, 0.3) is 0 Å². The summed E-state index contributed by atoms with van der Waals surface area (Å²) in [5, 5.41) is 6.08. The minimum atomic E-state index is 0.0804. The highest BCUT2D eigenvalue weighted by Gasteiger charge is 2.04. The highest BCUT2D eigenvalue weighted by molar-refractivity contribution is 5.75. The molecule has 25 heavy (non-hydrogen) atoms. The summed E-state index contributed by atoms with van der Waals surface area (Å²) in [5.41, 5.74) is 2.18. The summed E-state index contributed by atoms with van der Waals surface area (Å²) in [5.74, 6) is 1.53. The second-order valence-corrected chi connectivity index (χ2v) is 6.20. The molecule has 0 saturated carbocycles. The first kappa shape index (κ1) is 18.7. The average molecular weight is 341 g/mol. The van der Waals surface area contributed by atoms with Crippen LogP contribution in [0.15, 0.2) is 36.4 Å². The van der Waals surface area contributed by atoms with E-state index in [0.29, 0.717) is 25.5 Å². The molecule has 6 heteroatoms. The standard InChI is InChI=1S/C19H27N5O/c1-15-14-17(24(2)3)23-19(22-15)21-13-12-20-18(25)11-7-10-16-8-5-4-6-9-16/h4-6,8-9,14H,7,10-13H2,1-3H3,(H,20,25)(H,21,22,23). The molecule has 6 nitrogen and oxygen atoms in total. The van der Waals surface area contributed by atoms with Gasteiger partial charge >= 0.3 is 0 Å². The lowest BCUT2D eigenvalue weighted by molar-refractivity contribution is -0.121. The van der Waals surface area contributed by atoms with E-state index >= 15 is 0 Å². The Morgan fingerprint density at radius 1 is 1.12 bits per heavy atom. The van der Waals surface area contributed by atoms with E-state index < -0.39 is 0 Å². The molecular formula is C19H27N5O. The number of rotatable bonds is 9. The molecule has 1 aromatic heterocycles. The molecule has 2 N–H and O–H groups in total. The summed E-state index contributed by atoms with van der Waals surface area (Å²) in [6.45, 7) is 3.09. The molecule has 0 atom stereocenters. The van der Waals surface area contributed by atoms with Crippen molar-refractivity contribution in [2.75, 3.05) is 37.4 Å². The number of aromatic nitrogens is 2. The Kier molecular flexibility index (Phi) is 7.19. The van der Waals surface area contributed by atoms with Gasteiger partial charge in [0.1, 0.15) is 5.82 Å². The van der Waals surface area contributed by atoms with Crippen molar-refractivity contribution in [1.82, 2.24) is 15.3 Å². The molecule has 134 valence electrons. The first-order valence-electron chi connectivity index (χ1n) is 8.62. The van der Waals surface area contributed by atoms with E-state index in [4.69, 9.17) is 0 Å². The van der Waals surface area contributed by atoms with Crippen LogP contribution in [0, 0.1) is 6.92 Å². The molecule has 2 aromatic rings. The number of benzene rings is 1. The van der Waals surface area contributed by atoms with Crippen LogP contribution in [0.5, 0.6) is 0 Å². The predicted molar refractivity (Wildman–Crippen MR) is 102 cm³/mol. The van der Waals surface area contributed by atoms with E-state index in [1.165, 1.54) is 5.56 Å². The molecular weight excluding hydrogens is 314 g/mol. The molecule has 1 heterocycles. The van der Waals surface area contributed by atoms with E-state index in [1.807, 2.05) is 50.2 Å². The van der Waals surface area contributed by atoms with Crippen molar-refractivity contribution < 1.29 is 4.79 Å². The number of nitrogens with one attached hydrogen (secondary N) is 2. The van der Waals surface area contributed by atoms with Crippen molar-refractivity contribution >= 4 is 17.7 Å². The van der Waals surface area contributed by atoms with Gasteiger partial charge in [0.25, 0.3) is 0 Å². The van der Waals surface area contributed by atoms with Gasteiger partial charge < -0.3 is 15.5 Å². The van der Waals surface area contributed by atoms with E-state index in [0.717, 1.165) is 24.4 Å². The van der Waals surface area contributed by atoms with Gasteiger partial charge in [-0.2, -0.15) is 4.98 Å². The first-order valence-corrected chi connectivity index (χ1v) is 8.62. The molecule has 1 amide bonds. The zero-order chi connectivity index (χ0) is 18.1. The molecule has 0 fully saturated rings. The maximum atomic E-state index is 11.9. The lowest BCUT2D eigenvalue weighted by atomic mass is 10.1. The zero-order valence-corrected chi connectivity index (χ0v) is 15.2. The molecule has 0 saturated heterocycles. The normalized spacial score (nSPS) is 10.4. The van der Waals surface area contributed by atoms with E-state index in [2.05, 4.69) is 32.7 Å². The molecule has 0 aliphatic rings. The van der Waals surface area contributed by atoms with Crippen LogP contribution in [0.3, 0.4) is 0 Å². The number of carbonyl (C=O) groups is 1. The topological polar surface area (TPSA) is 70.2 Å². The van der Waals surface area contributed by atoms with Gasteiger partial charge in [-0.15, -0.1) is 0 Å². The van der Waals surface area contributed by atoms with Crippen molar-refractivity contribution in [3.63, 3.8) is 0 Å². The molecule has 2 rings (SSSR count). The third-order valence-electron chi connectivity index (χ3n) is 3.74. The number of amides is 1. The highest BCUT2D eigenvalue weighted by Crippen LogP contribution is 2.11. The SMILES string of the molecule is Cc1cc(N(C)C)nc(NCCNC(=O)CCCc2ccccc2)n1. The Morgan fingerprint density at radius 2 is 1.88 bits per heavy atom. The van der Waals surface area contributed by atoms with Crippen molar-refractivity contribution in [2.45, 2.75) is 26.2 Å². The summed E-state index contributed by atoms with van der Waals surface area (Å²) in [6.07, 6.45) is 2.33. The summed E-state index contributed by atoms with van der Waals surface area (Å²) in [7, 11) is 3.89. The predicted octanol–water partition coefficient (Wildman–Crippen LogP) is 2.40. The average Bonchev–Trinajstić information content (AvgIpc) is 2.59. The van der Waals surface area contributed by atoms with Gasteiger partial charge in [0.15, 0.2) is 0 Å². The number of nitrogens with zero attached hydrogens (tertiary/aromatic N) is 3. The van der Waals surface area contributed by atoms with Gasteiger partial charge in [-0.3, -0.25) is 4.79 Å². The maximum absolute atomic E-state index is 11.9. The zero-order valence-electron chi connectivity index (χ0n) is 15.2. The lowest BCUT2D eigenvalue weighted by Gasteiger charge is -2.14. The molecule has 0 unspecified atom stereocenters. The number of hydrogen-bond donors (Lipinski definition) is 2. The highest BCUT2D eigenvalue weighted by atomic mass is 16.1. The van der Waals surface area contributed by atoms with Crippen LogP contribution in [0.2, 0.25) is 0 Å². The largest absolute Gasteiger partial charge is 0.363 e. The molecule has 0 aliphatic heterocycles. The van der Waals surface area contributed by atoms with Gasteiger partial charge in [-0.25, -0.2) is 4.98 Å². The van der Waals surface area contributed by atoms with Crippen LogP contribution in [0.1, 0.15) is 24.1 Å². The summed E-state index contributed by atoms with van der Waals surface area (Å²) >= 11 is 0. The Morgan fingerprint density at radius 3 is 2.60 bits per heavy atom. The monoisotopic (exact) mass is 341 g/mol. The van der Waals surface area contributed by atoms with Crippen LogP contribution < -0.4 is 15.5 Å². The van der Waals surface area contributed by atoms with Crippen LogP contribution in [-0.2, 0) is 11.2 Å². The number of carbonyl (C=O) groups excluding carboxylic acids is 1. The molecule has 1 aromatic carbocycles. The third-order valence-corrected chi connectivity index (χ3v) is 3.74. The van der Waals surface area contributed by atoms with Crippen LogP contribution in [0.4, 0.5) is 11.8 Å². The smallest absolute Gasteiger partial charge is 0.224 e. The molecule has 0 spiro atoms. The van der Waals surface area contributed by atoms with Crippen LogP contribution in [-0.4, -0.2) is 43.1 Å². The number of aryl methyl sites for hydroxylation is 2. The van der Waals surface area contributed by atoms with Gasteiger partial charge in [-0.05, 0) is 25.3 Å². The minimum Gasteiger partial charge on any atom is -0.363 e. The quantitative estimate of drug-likeness (QED) is 0.686. The second kappa shape index (κ2) is 9.61. The van der Waals surface area contributed by atoms with E-state index in [1.54, 1.807) is 0 Å². The Labute approximate surface area is 149 Å². The van der Waals surface area contributed by atoms with Crippen molar-refractivity contribution in [3.8, 4) is 0 Å². The Bertz CT molecular complexity index is 673. The number of anilines is 2. The maximum Gasteiger partial charge on any atom is 0.224 e. The Balaban J connectivity index is 1.64. The first-order chi connectivity index (χ1) is 12.0. The van der Waals surface area contributed by atoms with Gasteiger partial charge in [0, 0.05) is 45.4 Å². The van der Waals surface area contributed by atoms with Crippen LogP contribution >= 0.6 is 0 Å². The minimum absolute atomic E-state index is 0.0804. The second-order valence-electron chi connectivity index (χ2n) is 6.20. The fraction of sp³-hybridized carbons (Fsp3) is 0.421. The van der Waals surface area contributed by atoms with E-state index in [9.17, 15) is 4.79 Å². The summed E-state index contributed by atoms with van der Waals surface area (Å²) < 4.78 is 0. The lowest BCUT2D eigenvalue weighted by Crippen LogP contribution is -2.29. The van der Waals surface area contributed by atoms with Crippen molar-refractivity contribution in [3.05, 3.63) is 47.7 Å². The molecule has 0 aliphatic carbocycles. The van der Waals surface area contributed by atoms with Gasteiger partial charge in [0.05, 0.1) is 0 Å². The fourth-order valence-electron chi connectivity index (χ4n) is 2.42. The molecule has 0 bridgehead atoms. The number of hydrogen-bond acceptors (Lipinski definition) is 5.